The summed E-state index contributed by atoms with van der Waals surface area (Å²) in [4.78, 5) is 25.9. The van der Waals surface area contributed by atoms with Crippen molar-refractivity contribution in [1.82, 2.24) is 10.2 Å². The lowest BCUT2D eigenvalue weighted by Gasteiger charge is -2.32. The zero-order valence-electron chi connectivity index (χ0n) is 15.8. The summed E-state index contributed by atoms with van der Waals surface area (Å²) in [5, 5.41) is 5.24. The Kier molecular flexibility index (Phi) is 6.74. The normalized spacial score (nSPS) is 14.5. The third kappa shape index (κ3) is 5.73. The van der Waals surface area contributed by atoms with Gasteiger partial charge < -0.3 is 15.5 Å². The summed E-state index contributed by atoms with van der Waals surface area (Å²) in [6.45, 7) is 1.49. The fourth-order valence-electron chi connectivity index (χ4n) is 3.33. The van der Waals surface area contributed by atoms with Crippen LogP contribution in [-0.4, -0.2) is 36.5 Å². The molecule has 0 radical (unpaired) electrons. The molecule has 0 aromatic heterocycles. The smallest absolute Gasteiger partial charge is 0.321 e. The number of carbonyl (C=O) groups excluding carboxylic acids is 2. The van der Waals surface area contributed by atoms with Gasteiger partial charge in [0.05, 0.1) is 5.69 Å². The Labute approximate surface area is 166 Å². The van der Waals surface area contributed by atoms with Crippen LogP contribution in [0.1, 0.15) is 29.6 Å². The Balaban J connectivity index is 1.40. The van der Waals surface area contributed by atoms with E-state index in [0.29, 0.717) is 25.6 Å². The van der Waals surface area contributed by atoms with Gasteiger partial charge in [-0.3, -0.25) is 4.79 Å². The van der Waals surface area contributed by atoms with Crippen molar-refractivity contribution in [3.05, 3.63) is 65.5 Å². The maximum atomic E-state index is 13.7. The number of piperidine rings is 1. The molecule has 154 valence electrons. The number of halogens is 3. The quantitative estimate of drug-likeness (QED) is 0.785. The van der Waals surface area contributed by atoms with Crippen LogP contribution >= 0.6 is 0 Å². The first-order valence-electron chi connectivity index (χ1n) is 9.47. The Hall–Kier alpha value is -3.03. The van der Waals surface area contributed by atoms with E-state index in [2.05, 4.69) is 10.6 Å². The molecular weight excluding hydrogens is 383 g/mol. The van der Waals surface area contributed by atoms with Gasteiger partial charge in [-0.1, -0.05) is 6.07 Å². The lowest BCUT2D eigenvalue weighted by Crippen LogP contribution is -2.41. The van der Waals surface area contributed by atoms with Gasteiger partial charge in [-0.05, 0) is 55.5 Å². The summed E-state index contributed by atoms with van der Waals surface area (Å²) in [5.74, 6) is -1.95. The maximum absolute atomic E-state index is 13.7. The number of benzene rings is 2. The van der Waals surface area contributed by atoms with Crippen LogP contribution in [0.2, 0.25) is 0 Å². The van der Waals surface area contributed by atoms with Gasteiger partial charge >= 0.3 is 6.03 Å². The van der Waals surface area contributed by atoms with Crippen LogP contribution in [-0.2, 0) is 0 Å². The molecule has 1 aliphatic rings. The van der Waals surface area contributed by atoms with Crippen LogP contribution in [0.25, 0.3) is 0 Å². The predicted molar refractivity (Wildman–Crippen MR) is 103 cm³/mol. The van der Waals surface area contributed by atoms with Crippen molar-refractivity contribution in [2.75, 3.05) is 25.0 Å². The average Bonchev–Trinajstić information content (AvgIpc) is 2.70. The van der Waals surface area contributed by atoms with Gasteiger partial charge in [0.25, 0.3) is 5.91 Å². The molecular formula is C21H22F3N3O2. The first-order chi connectivity index (χ1) is 13.9. The number of nitrogens with one attached hydrogen (secondary N) is 2. The second kappa shape index (κ2) is 9.45. The molecule has 1 fully saturated rings. The van der Waals surface area contributed by atoms with Crippen molar-refractivity contribution in [3.8, 4) is 0 Å². The van der Waals surface area contributed by atoms with Crippen molar-refractivity contribution in [2.45, 2.75) is 19.3 Å². The van der Waals surface area contributed by atoms with E-state index in [0.717, 1.165) is 31.4 Å². The van der Waals surface area contributed by atoms with E-state index in [-0.39, 0.29) is 17.2 Å². The van der Waals surface area contributed by atoms with Crippen LogP contribution < -0.4 is 10.6 Å². The van der Waals surface area contributed by atoms with Crippen molar-refractivity contribution >= 4 is 17.6 Å². The standard InChI is InChI=1S/C21H22F3N3O2/c22-16-3-1-2-15(12-16)20(28)25-9-6-14-7-10-27(11-8-14)21(29)26-19-5-4-17(23)13-18(19)24/h1-5,12-14H,6-11H2,(H,25,28)(H,26,29). The highest BCUT2D eigenvalue weighted by atomic mass is 19.1. The Morgan fingerprint density at radius 1 is 1.00 bits per heavy atom. The van der Waals surface area contributed by atoms with Gasteiger partial charge in [-0.15, -0.1) is 0 Å². The van der Waals surface area contributed by atoms with Crippen molar-refractivity contribution in [2.24, 2.45) is 5.92 Å². The predicted octanol–water partition coefficient (Wildman–Crippen LogP) is 4.17. The van der Waals surface area contributed by atoms with Gasteiger partial charge in [-0.2, -0.15) is 0 Å². The minimum atomic E-state index is -0.817. The molecule has 5 nitrogen and oxygen atoms in total. The first kappa shape index (κ1) is 20.7. The van der Waals surface area contributed by atoms with E-state index in [4.69, 9.17) is 0 Å². The fraction of sp³-hybridized carbons (Fsp3) is 0.333. The largest absolute Gasteiger partial charge is 0.352 e. The molecule has 0 unspecified atom stereocenters. The minimum absolute atomic E-state index is 0.0569. The van der Waals surface area contributed by atoms with E-state index in [9.17, 15) is 22.8 Å². The van der Waals surface area contributed by atoms with E-state index >= 15 is 0 Å². The summed E-state index contributed by atoms with van der Waals surface area (Å²) in [6.07, 6.45) is 2.27. The molecule has 1 aliphatic heterocycles. The Morgan fingerprint density at radius 3 is 2.41 bits per heavy atom. The van der Waals surface area contributed by atoms with E-state index < -0.39 is 23.5 Å². The topological polar surface area (TPSA) is 61.4 Å². The highest BCUT2D eigenvalue weighted by molar-refractivity contribution is 5.94. The lowest BCUT2D eigenvalue weighted by atomic mass is 9.93. The van der Waals surface area contributed by atoms with Gasteiger partial charge in [0, 0.05) is 31.3 Å². The van der Waals surface area contributed by atoms with Crippen molar-refractivity contribution in [1.29, 1.82) is 0 Å². The molecule has 29 heavy (non-hydrogen) atoms. The van der Waals surface area contributed by atoms with Crippen molar-refractivity contribution in [3.63, 3.8) is 0 Å². The number of carbonyl (C=O) groups is 2. The van der Waals surface area contributed by atoms with Crippen LogP contribution in [0.5, 0.6) is 0 Å². The number of hydrogen-bond acceptors (Lipinski definition) is 2. The summed E-state index contributed by atoms with van der Waals surface area (Å²) in [7, 11) is 0. The number of anilines is 1. The molecule has 8 heteroatoms. The number of urea groups is 1. The summed E-state index contributed by atoms with van der Waals surface area (Å²) in [5.41, 5.74) is 0.225. The second-order valence-electron chi connectivity index (χ2n) is 7.04. The van der Waals surface area contributed by atoms with Crippen LogP contribution in [0, 0.1) is 23.4 Å². The molecule has 2 N–H and O–H groups in total. The summed E-state index contributed by atoms with van der Waals surface area (Å²) < 4.78 is 39.8. The van der Waals surface area contributed by atoms with Gasteiger partial charge in [0.2, 0.25) is 0 Å². The van der Waals surface area contributed by atoms with Crippen LogP contribution in [0.3, 0.4) is 0 Å². The molecule has 0 spiro atoms. The highest BCUT2D eigenvalue weighted by Gasteiger charge is 2.23. The molecule has 1 saturated heterocycles. The number of rotatable bonds is 5. The minimum Gasteiger partial charge on any atom is -0.352 e. The molecule has 2 aromatic carbocycles. The Bertz CT molecular complexity index is 883. The maximum Gasteiger partial charge on any atom is 0.321 e. The number of likely N-dealkylation sites (tertiary alicyclic amines) is 1. The van der Waals surface area contributed by atoms with Crippen molar-refractivity contribution < 1.29 is 22.8 Å². The zero-order chi connectivity index (χ0) is 20.8. The molecule has 0 aliphatic carbocycles. The fourth-order valence-corrected chi connectivity index (χ4v) is 3.33. The Morgan fingerprint density at radius 2 is 1.72 bits per heavy atom. The van der Waals surface area contributed by atoms with Crippen LogP contribution in [0.15, 0.2) is 42.5 Å². The first-order valence-corrected chi connectivity index (χ1v) is 9.47. The third-order valence-electron chi connectivity index (χ3n) is 5.00. The molecule has 0 bridgehead atoms. The highest BCUT2D eigenvalue weighted by Crippen LogP contribution is 2.22. The molecule has 1 heterocycles. The van der Waals surface area contributed by atoms with Gasteiger partial charge in [0.1, 0.15) is 17.5 Å². The summed E-state index contributed by atoms with van der Waals surface area (Å²) >= 11 is 0. The molecule has 3 rings (SSSR count). The number of nitrogens with zero attached hydrogens (tertiary/aromatic N) is 1. The van der Waals surface area contributed by atoms with Crippen LogP contribution in [0.4, 0.5) is 23.7 Å². The average molecular weight is 405 g/mol. The SMILES string of the molecule is O=C(NCCC1CCN(C(=O)Nc2ccc(F)cc2F)CC1)c1cccc(F)c1. The van der Waals surface area contributed by atoms with E-state index in [1.54, 1.807) is 11.0 Å². The van der Waals surface area contributed by atoms with E-state index in [1.165, 1.54) is 24.3 Å². The molecule has 0 atom stereocenters. The third-order valence-corrected chi connectivity index (χ3v) is 5.00. The number of amides is 3. The van der Waals surface area contributed by atoms with E-state index in [1.807, 2.05) is 0 Å². The number of hydrogen-bond donors (Lipinski definition) is 2. The molecule has 0 saturated carbocycles. The monoisotopic (exact) mass is 405 g/mol. The molecule has 3 amide bonds. The zero-order valence-corrected chi connectivity index (χ0v) is 15.8. The lowest BCUT2D eigenvalue weighted by molar-refractivity contribution is 0.0949. The molecule has 2 aromatic rings. The summed E-state index contributed by atoms with van der Waals surface area (Å²) in [6, 6.07) is 8.09. The van der Waals surface area contributed by atoms with Gasteiger partial charge in [-0.25, -0.2) is 18.0 Å². The van der Waals surface area contributed by atoms with Gasteiger partial charge in [0.15, 0.2) is 0 Å². The second-order valence-corrected chi connectivity index (χ2v) is 7.04.